The lowest BCUT2D eigenvalue weighted by molar-refractivity contribution is 0.358. The van der Waals surface area contributed by atoms with Crippen LogP contribution in [0, 0.1) is 0 Å². The van der Waals surface area contributed by atoms with Crippen molar-refractivity contribution in [1.29, 1.82) is 0 Å². The Kier molecular flexibility index (Phi) is 6.70. The average Bonchev–Trinajstić information content (AvgIpc) is 2.70. The van der Waals surface area contributed by atoms with E-state index in [9.17, 15) is 15.0 Å². The predicted molar refractivity (Wildman–Crippen MR) is 121 cm³/mol. The summed E-state index contributed by atoms with van der Waals surface area (Å²) in [4.78, 5) is 12.7. The quantitative estimate of drug-likeness (QED) is 0.485. The third-order valence-electron chi connectivity index (χ3n) is 4.52. The molecule has 3 rings (SSSR count). The molecule has 0 unspecified atom stereocenters. The van der Waals surface area contributed by atoms with Crippen LogP contribution in [0.15, 0.2) is 68.9 Å². The Morgan fingerprint density at radius 2 is 1.48 bits per heavy atom. The van der Waals surface area contributed by atoms with E-state index in [0.29, 0.717) is 30.3 Å². The molecule has 3 aromatic rings. The molecule has 0 aliphatic heterocycles. The highest BCUT2D eigenvalue weighted by Crippen LogP contribution is 2.35. The highest BCUT2D eigenvalue weighted by molar-refractivity contribution is 5.88. The van der Waals surface area contributed by atoms with Gasteiger partial charge in [-0.25, -0.2) is 0 Å². The van der Waals surface area contributed by atoms with Gasteiger partial charge in [0.05, 0.1) is 0 Å². The first-order valence-corrected chi connectivity index (χ1v) is 9.92. The summed E-state index contributed by atoms with van der Waals surface area (Å²) in [6.07, 6.45) is 3.85. The highest BCUT2D eigenvalue weighted by atomic mass is 16.5. The molecule has 1 aromatic heterocycles. The maximum Gasteiger partial charge on any atom is 0.238 e. The van der Waals surface area contributed by atoms with Crippen molar-refractivity contribution in [2.24, 2.45) is 0 Å². The lowest BCUT2D eigenvalue weighted by Gasteiger charge is -2.10. The normalized spacial score (nSPS) is 10.6. The maximum atomic E-state index is 12.7. The van der Waals surface area contributed by atoms with Gasteiger partial charge >= 0.3 is 0 Å². The number of phenols is 1. The van der Waals surface area contributed by atoms with Crippen LogP contribution in [0.2, 0.25) is 0 Å². The lowest BCUT2D eigenvalue weighted by Crippen LogP contribution is -2.04. The van der Waals surface area contributed by atoms with Crippen LogP contribution in [0.25, 0.3) is 22.3 Å². The Bertz CT molecular complexity index is 1190. The number of fused-ring (bicyclic) bond motifs is 1. The van der Waals surface area contributed by atoms with Crippen LogP contribution in [0.3, 0.4) is 0 Å². The van der Waals surface area contributed by atoms with Gasteiger partial charge in [-0.3, -0.25) is 4.79 Å². The third kappa shape index (κ3) is 5.28. The summed E-state index contributed by atoms with van der Waals surface area (Å²) in [5, 5.41) is 20.6. The molecule has 2 N–H and O–H groups in total. The minimum Gasteiger partial charge on any atom is -0.507 e. The number of phenolic OH excluding ortho intramolecular Hbond substituents is 1. The van der Waals surface area contributed by atoms with Gasteiger partial charge in [0.25, 0.3) is 0 Å². The first kappa shape index (κ1) is 22.0. The van der Waals surface area contributed by atoms with E-state index in [1.54, 1.807) is 24.3 Å². The Balaban J connectivity index is 1.97. The van der Waals surface area contributed by atoms with E-state index in [-0.39, 0.29) is 22.5 Å². The smallest absolute Gasteiger partial charge is 0.238 e. The molecule has 0 bridgehead atoms. The number of aromatic hydroxyl groups is 2. The van der Waals surface area contributed by atoms with E-state index in [2.05, 4.69) is 0 Å². The van der Waals surface area contributed by atoms with Crippen molar-refractivity contribution in [2.75, 3.05) is 13.2 Å². The molecule has 6 nitrogen and oxygen atoms in total. The van der Waals surface area contributed by atoms with Gasteiger partial charge in [-0.1, -0.05) is 11.1 Å². The van der Waals surface area contributed by atoms with Crippen LogP contribution in [0.4, 0.5) is 0 Å². The molecule has 1 heterocycles. The van der Waals surface area contributed by atoms with E-state index in [0.717, 1.165) is 11.1 Å². The van der Waals surface area contributed by atoms with Gasteiger partial charge in [0, 0.05) is 17.7 Å². The summed E-state index contributed by atoms with van der Waals surface area (Å²) in [6.45, 7) is 8.66. The SMILES string of the molecule is CC(C)=CCOc1ccc(-c2oc3cc(OCC=C(C)C)cc(O)c3c(=O)c2O)cc1. The van der Waals surface area contributed by atoms with Crippen molar-refractivity contribution in [3.05, 3.63) is 69.9 Å². The van der Waals surface area contributed by atoms with E-state index < -0.39 is 11.2 Å². The molecule has 0 radical (unpaired) electrons. The molecule has 0 amide bonds. The van der Waals surface area contributed by atoms with Crippen LogP contribution < -0.4 is 14.9 Å². The number of hydrogen-bond donors (Lipinski definition) is 2. The average molecular weight is 422 g/mol. The molecular formula is C25H26O6. The van der Waals surface area contributed by atoms with Gasteiger partial charge < -0.3 is 24.1 Å². The van der Waals surface area contributed by atoms with Crippen LogP contribution in [-0.4, -0.2) is 23.4 Å². The second kappa shape index (κ2) is 9.43. The zero-order valence-corrected chi connectivity index (χ0v) is 18.1. The fourth-order valence-electron chi connectivity index (χ4n) is 2.86. The lowest BCUT2D eigenvalue weighted by atomic mass is 10.1. The predicted octanol–water partition coefficient (Wildman–Crippen LogP) is 5.56. The van der Waals surface area contributed by atoms with Crippen molar-refractivity contribution in [2.45, 2.75) is 27.7 Å². The number of rotatable bonds is 7. The van der Waals surface area contributed by atoms with Crippen molar-refractivity contribution >= 4 is 11.0 Å². The third-order valence-corrected chi connectivity index (χ3v) is 4.52. The van der Waals surface area contributed by atoms with Crippen molar-refractivity contribution in [1.82, 2.24) is 0 Å². The minimum absolute atomic E-state index is 0.00852. The van der Waals surface area contributed by atoms with Crippen molar-refractivity contribution in [3.8, 4) is 34.3 Å². The second-order valence-electron chi connectivity index (χ2n) is 7.63. The van der Waals surface area contributed by atoms with Crippen LogP contribution >= 0.6 is 0 Å². The molecule has 0 atom stereocenters. The van der Waals surface area contributed by atoms with Crippen molar-refractivity contribution < 1.29 is 24.1 Å². The second-order valence-corrected chi connectivity index (χ2v) is 7.63. The first-order chi connectivity index (χ1) is 14.8. The van der Waals surface area contributed by atoms with Gasteiger partial charge in [0.2, 0.25) is 11.2 Å². The molecule has 162 valence electrons. The maximum absolute atomic E-state index is 12.7. The van der Waals surface area contributed by atoms with Crippen LogP contribution in [0.1, 0.15) is 27.7 Å². The number of ether oxygens (including phenoxy) is 2. The number of allylic oxidation sites excluding steroid dienone is 2. The molecule has 0 aliphatic rings. The minimum atomic E-state index is -0.714. The Labute approximate surface area is 180 Å². The Morgan fingerprint density at radius 1 is 0.903 bits per heavy atom. The standard InChI is InChI=1S/C25H26O6/c1-15(2)9-11-29-18-7-5-17(6-8-18)25-24(28)23(27)22-20(26)13-19(14-21(22)31-25)30-12-10-16(3)4/h5-10,13-14,26,28H,11-12H2,1-4H3. The summed E-state index contributed by atoms with van der Waals surface area (Å²) >= 11 is 0. The van der Waals surface area contributed by atoms with Gasteiger partial charge in [0.15, 0.2) is 5.76 Å². The molecule has 2 aromatic carbocycles. The molecular weight excluding hydrogens is 396 g/mol. The molecule has 0 saturated carbocycles. The summed E-state index contributed by atoms with van der Waals surface area (Å²) in [5.74, 6) is 0.124. The summed E-state index contributed by atoms with van der Waals surface area (Å²) in [5.41, 5.74) is 2.16. The molecule has 0 aliphatic carbocycles. The largest absolute Gasteiger partial charge is 0.507 e. The van der Waals surface area contributed by atoms with Gasteiger partial charge in [-0.2, -0.15) is 0 Å². The topological polar surface area (TPSA) is 89.1 Å². The fourth-order valence-corrected chi connectivity index (χ4v) is 2.86. The van der Waals surface area contributed by atoms with Gasteiger partial charge in [0.1, 0.15) is 41.4 Å². The number of benzene rings is 2. The Morgan fingerprint density at radius 3 is 2.06 bits per heavy atom. The molecule has 6 heteroatoms. The van der Waals surface area contributed by atoms with Crippen LogP contribution in [0.5, 0.6) is 23.0 Å². The highest BCUT2D eigenvalue weighted by Gasteiger charge is 2.19. The Hall–Kier alpha value is -3.67. The summed E-state index contributed by atoms with van der Waals surface area (Å²) in [7, 11) is 0. The fraction of sp³-hybridized carbons (Fsp3) is 0.240. The monoisotopic (exact) mass is 422 g/mol. The van der Waals surface area contributed by atoms with Crippen molar-refractivity contribution in [3.63, 3.8) is 0 Å². The van der Waals surface area contributed by atoms with Crippen LogP contribution in [-0.2, 0) is 0 Å². The molecule has 0 saturated heterocycles. The van der Waals surface area contributed by atoms with Gasteiger partial charge in [-0.15, -0.1) is 0 Å². The van der Waals surface area contributed by atoms with E-state index >= 15 is 0 Å². The first-order valence-electron chi connectivity index (χ1n) is 9.92. The zero-order chi connectivity index (χ0) is 22.5. The van der Waals surface area contributed by atoms with E-state index in [1.807, 2.05) is 39.8 Å². The summed E-state index contributed by atoms with van der Waals surface area (Å²) in [6, 6.07) is 9.70. The molecule has 0 fully saturated rings. The molecule has 0 spiro atoms. The van der Waals surface area contributed by atoms with E-state index in [1.165, 1.54) is 12.1 Å². The number of hydrogen-bond acceptors (Lipinski definition) is 6. The molecule has 31 heavy (non-hydrogen) atoms. The zero-order valence-electron chi connectivity index (χ0n) is 18.1. The summed E-state index contributed by atoms with van der Waals surface area (Å²) < 4.78 is 17.0. The van der Waals surface area contributed by atoms with Gasteiger partial charge in [-0.05, 0) is 64.1 Å². The van der Waals surface area contributed by atoms with E-state index in [4.69, 9.17) is 13.9 Å².